The van der Waals surface area contributed by atoms with Crippen LogP contribution in [0.2, 0.25) is 0 Å². The lowest BCUT2D eigenvalue weighted by atomic mass is 10.2. The second-order valence-electron chi connectivity index (χ2n) is 3.07. The Morgan fingerprint density at radius 2 is 2.13 bits per heavy atom. The van der Waals surface area contributed by atoms with Crippen molar-refractivity contribution in [1.82, 2.24) is 5.32 Å². The van der Waals surface area contributed by atoms with Crippen LogP contribution in [0.15, 0.2) is 12.2 Å². The number of amides is 1. The van der Waals surface area contributed by atoms with Crippen LogP contribution in [-0.4, -0.2) is 34.5 Å². The van der Waals surface area contributed by atoms with Gasteiger partial charge in [-0.15, -0.1) is 0 Å². The average Bonchev–Trinajstić information content (AvgIpc) is 2.15. The van der Waals surface area contributed by atoms with Gasteiger partial charge in [0.2, 0.25) is 5.91 Å². The molecule has 0 radical (unpaired) electrons. The Morgan fingerprint density at radius 1 is 1.47 bits per heavy atom. The molecule has 0 bridgehead atoms. The van der Waals surface area contributed by atoms with E-state index < -0.39 is 5.97 Å². The van der Waals surface area contributed by atoms with Gasteiger partial charge in [-0.2, -0.15) is 11.8 Å². The van der Waals surface area contributed by atoms with E-state index in [-0.39, 0.29) is 11.9 Å². The number of carbonyl (C=O) groups is 2. The zero-order chi connectivity index (χ0) is 11.7. The quantitative estimate of drug-likeness (QED) is 0.511. The highest BCUT2D eigenvalue weighted by molar-refractivity contribution is 7.99. The number of carboxylic acid groups (broad SMARTS) is 1. The molecule has 0 saturated carbocycles. The van der Waals surface area contributed by atoms with Gasteiger partial charge >= 0.3 is 5.97 Å². The van der Waals surface area contributed by atoms with Gasteiger partial charge in [0.15, 0.2) is 0 Å². The monoisotopic (exact) mass is 231 g/mol. The van der Waals surface area contributed by atoms with Crippen molar-refractivity contribution >= 4 is 23.6 Å². The summed E-state index contributed by atoms with van der Waals surface area (Å²) in [4.78, 5) is 21.3. The van der Waals surface area contributed by atoms with Crippen molar-refractivity contribution in [2.24, 2.45) is 0 Å². The zero-order valence-corrected chi connectivity index (χ0v) is 9.84. The molecule has 0 spiro atoms. The highest BCUT2D eigenvalue weighted by Gasteiger charge is 2.04. The van der Waals surface area contributed by atoms with E-state index in [2.05, 4.69) is 12.2 Å². The summed E-state index contributed by atoms with van der Waals surface area (Å²) < 4.78 is 0. The molecule has 4 nitrogen and oxygen atoms in total. The van der Waals surface area contributed by atoms with Gasteiger partial charge in [-0.1, -0.05) is 6.92 Å². The van der Waals surface area contributed by atoms with Crippen LogP contribution in [0.3, 0.4) is 0 Å². The van der Waals surface area contributed by atoms with Gasteiger partial charge in [-0.3, -0.25) is 4.79 Å². The SMILES string of the molecule is CCSCCC(C)NC(=O)/C=C/C(=O)O. The van der Waals surface area contributed by atoms with Crippen LogP contribution in [0.1, 0.15) is 20.3 Å². The Hall–Kier alpha value is -0.970. The lowest BCUT2D eigenvalue weighted by Crippen LogP contribution is -2.31. The maximum absolute atomic E-state index is 11.1. The molecule has 1 unspecified atom stereocenters. The fourth-order valence-electron chi connectivity index (χ4n) is 0.915. The summed E-state index contributed by atoms with van der Waals surface area (Å²) in [5.74, 6) is 0.603. The molecular weight excluding hydrogens is 214 g/mol. The number of rotatable bonds is 7. The fraction of sp³-hybridized carbons (Fsp3) is 0.600. The van der Waals surface area contributed by atoms with Crippen LogP contribution in [0, 0.1) is 0 Å². The smallest absolute Gasteiger partial charge is 0.328 e. The summed E-state index contributed by atoms with van der Waals surface area (Å²) in [6.07, 6.45) is 2.76. The Labute approximate surface area is 94.1 Å². The van der Waals surface area contributed by atoms with Crippen molar-refractivity contribution in [2.75, 3.05) is 11.5 Å². The average molecular weight is 231 g/mol. The molecule has 5 heteroatoms. The normalized spacial score (nSPS) is 12.7. The molecule has 0 aromatic rings. The highest BCUT2D eigenvalue weighted by Crippen LogP contribution is 2.03. The molecule has 0 aromatic heterocycles. The molecule has 0 aromatic carbocycles. The van der Waals surface area contributed by atoms with Gasteiger partial charge < -0.3 is 10.4 Å². The lowest BCUT2D eigenvalue weighted by molar-refractivity contribution is -0.131. The molecule has 0 fully saturated rings. The molecule has 0 rings (SSSR count). The van der Waals surface area contributed by atoms with E-state index in [1.165, 1.54) is 0 Å². The molecule has 0 aliphatic rings. The van der Waals surface area contributed by atoms with Gasteiger partial charge in [0.05, 0.1) is 0 Å². The van der Waals surface area contributed by atoms with Crippen molar-refractivity contribution < 1.29 is 14.7 Å². The first kappa shape index (κ1) is 14.0. The Balaban J connectivity index is 3.71. The number of hydrogen-bond acceptors (Lipinski definition) is 3. The van der Waals surface area contributed by atoms with Crippen LogP contribution in [0.25, 0.3) is 0 Å². The number of aliphatic carboxylic acids is 1. The van der Waals surface area contributed by atoms with Crippen LogP contribution in [0.5, 0.6) is 0 Å². The van der Waals surface area contributed by atoms with E-state index in [0.717, 1.165) is 30.1 Å². The molecule has 1 atom stereocenters. The number of carbonyl (C=O) groups excluding carboxylic acids is 1. The first-order chi connectivity index (χ1) is 7.06. The standard InChI is InChI=1S/C10H17NO3S/c1-3-15-7-6-8(2)11-9(12)4-5-10(13)14/h4-5,8H,3,6-7H2,1-2H3,(H,11,12)(H,13,14)/b5-4+. The first-order valence-corrected chi connectivity index (χ1v) is 6.01. The van der Waals surface area contributed by atoms with E-state index in [0.29, 0.717) is 0 Å². The van der Waals surface area contributed by atoms with Gasteiger partial charge in [-0.05, 0) is 24.9 Å². The Bertz CT molecular complexity index is 241. The largest absolute Gasteiger partial charge is 0.478 e. The second kappa shape index (κ2) is 8.35. The number of thioether (sulfide) groups is 1. The van der Waals surface area contributed by atoms with E-state index in [1.54, 1.807) is 0 Å². The molecule has 0 saturated heterocycles. The Morgan fingerprint density at radius 3 is 2.67 bits per heavy atom. The molecular formula is C10H17NO3S. The highest BCUT2D eigenvalue weighted by atomic mass is 32.2. The summed E-state index contributed by atoms with van der Waals surface area (Å²) >= 11 is 1.82. The molecule has 86 valence electrons. The second-order valence-corrected chi connectivity index (χ2v) is 4.46. The van der Waals surface area contributed by atoms with E-state index >= 15 is 0 Å². The van der Waals surface area contributed by atoms with Gasteiger partial charge in [0, 0.05) is 18.2 Å². The van der Waals surface area contributed by atoms with Gasteiger partial charge in [0.1, 0.15) is 0 Å². The summed E-state index contributed by atoms with van der Waals surface area (Å²) in [6.45, 7) is 3.99. The molecule has 15 heavy (non-hydrogen) atoms. The minimum absolute atomic E-state index is 0.0787. The summed E-state index contributed by atoms with van der Waals surface area (Å²) in [5.41, 5.74) is 0. The molecule has 0 aliphatic carbocycles. The van der Waals surface area contributed by atoms with Gasteiger partial charge in [0.25, 0.3) is 0 Å². The van der Waals surface area contributed by atoms with Crippen molar-refractivity contribution in [1.29, 1.82) is 0 Å². The van der Waals surface area contributed by atoms with Crippen molar-refractivity contribution in [3.8, 4) is 0 Å². The Kier molecular flexibility index (Phi) is 7.81. The third-order valence-electron chi connectivity index (χ3n) is 1.67. The first-order valence-electron chi connectivity index (χ1n) is 4.85. The fourth-order valence-corrected chi connectivity index (χ4v) is 1.72. The van der Waals surface area contributed by atoms with Crippen molar-refractivity contribution in [2.45, 2.75) is 26.3 Å². The van der Waals surface area contributed by atoms with E-state index in [4.69, 9.17) is 5.11 Å². The molecule has 2 N–H and O–H groups in total. The number of nitrogens with one attached hydrogen (secondary N) is 1. The van der Waals surface area contributed by atoms with E-state index in [1.807, 2.05) is 18.7 Å². The summed E-state index contributed by atoms with van der Waals surface area (Å²) in [6, 6.07) is 0.0787. The predicted molar refractivity (Wildman–Crippen MR) is 62.0 cm³/mol. The maximum atomic E-state index is 11.1. The predicted octanol–water partition coefficient (Wildman–Crippen LogP) is 1.28. The van der Waals surface area contributed by atoms with Gasteiger partial charge in [-0.25, -0.2) is 4.79 Å². The zero-order valence-electron chi connectivity index (χ0n) is 9.03. The van der Waals surface area contributed by atoms with Crippen molar-refractivity contribution in [3.63, 3.8) is 0 Å². The minimum Gasteiger partial charge on any atom is -0.478 e. The van der Waals surface area contributed by atoms with Crippen molar-refractivity contribution in [3.05, 3.63) is 12.2 Å². The molecule has 0 aliphatic heterocycles. The van der Waals surface area contributed by atoms with E-state index in [9.17, 15) is 9.59 Å². The van der Waals surface area contributed by atoms with Crippen LogP contribution < -0.4 is 5.32 Å². The number of hydrogen-bond donors (Lipinski definition) is 2. The third kappa shape index (κ3) is 9.34. The minimum atomic E-state index is -1.11. The molecule has 0 heterocycles. The maximum Gasteiger partial charge on any atom is 0.328 e. The lowest BCUT2D eigenvalue weighted by Gasteiger charge is -2.11. The van der Waals surface area contributed by atoms with Crippen LogP contribution >= 0.6 is 11.8 Å². The molecule has 1 amide bonds. The van der Waals surface area contributed by atoms with Crippen LogP contribution in [0.4, 0.5) is 0 Å². The third-order valence-corrected chi connectivity index (χ3v) is 2.60. The number of carboxylic acids is 1. The summed E-state index contributed by atoms with van der Waals surface area (Å²) in [7, 11) is 0. The topological polar surface area (TPSA) is 66.4 Å². The van der Waals surface area contributed by atoms with Crippen LogP contribution in [-0.2, 0) is 9.59 Å². The summed E-state index contributed by atoms with van der Waals surface area (Å²) in [5, 5.41) is 11.0.